The molecule has 1 saturated carbocycles. The van der Waals surface area contributed by atoms with Gasteiger partial charge in [-0.25, -0.2) is 4.98 Å². The third-order valence-electron chi connectivity index (χ3n) is 3.31. The van der Waals surface area contributed by atoms with E-state index in [1.165, 1.54) is 12.8 Å². The Labute approximate surface area is 122 Å². The largest absolute Gasteiger partial charge is 0.322 e. The Hall–Kier alpha value is -0.840. The first-order chi connectivity index (χ1) is 9.06. The molecule has 0 aromatic carbocycles. The van der Waals surface area contributed by atoms with Crippen molar-refractivity contribution in [1.82, 2.24) is 10.3 Å². The maximum absolute atomic E-state index is 12.0. The molecule has 19 heavy (non-hydrogen) atoms. The first-order valence-electron chi connectivity index (χ1n) is 6.45. The zero-order valence-electron chi connectivity index (χ0n) is 10.7. The van der Waals surface area contributed by atoms with Gasteiger partial charge in [0, 0.05) is 6.04 Å². The summed E-state index contributed by atoms with van der Waals surface area (Å²) in [5.41, 5.74) is 0.483. The van der Waals surface area contributed by atoms with Gasteiger partial charge >= 0.3 is 0 Å². The fourth-order valence-corrected chi connectivity index (χ4v) is 2.66. The molecule has 4 nitrogen and oxygen atoms in total. The van der Waals surface area contributed by atoms with Crippen LogP contribution in [-0.2, 0) is 4.79 Å². The number of carbonyl (C=O) groups is 1. The number of pyridine rings is 1. The van der Waals surface area contributed by atoms with Crippen molar-refractivity contribution >= 4 is 34.8 Å². The zero-order valence-corrected chi connectivity index (χ0v) is 12.3. The Morgan fingerprint density at radius 1 is 1.37 bits per heavy atom. The van der Waals surface area contributed by atoms with Gasteiger partial charge < -0.3 is 10.6 Å². The standard InChI is InChI=1S/C13H17Cl2N3O/c1-8(16-9-4-2-3-5-9)13(19)17-10-6-7-11(14)18-12(10)15/h6-9,16H,2-5H2,1H3,(H,17,19)/t8-/m1/s1. The molecule has 1 atom stereocenters. The molecule has 0 spiro atoms. The summed E-state index contributed by atoms with van der Waals surface area (Å²) in [4.78, 5) is 15.9. The Balaban J connectivity index is 1.92. The molecule has 1 heterocycles. The summed E-state index contributed by atoms with van der Waals surface area (Å²) in [6.07, 6.45) is 4.75. The van der Waals surface area contributed by atoms with Crippen LogP contribution in [-0.4, -0.2) is 23.0 Å². The number of hydrogen-bond donors (Lipinski definition) is 2. The van der Waals surface area contributed by atoms with Gasteiger partial charge in [0.05, 0.1) is 11.7 Å². The van der Waals surface area contributed by atoms with Crippen molar-refractivity contribution in [3.8, 4) is 0 Å². The topological polar surface area (TPSA) is 54.0 Å². The number of hydrogen-bond acceptors (Lipinski definition) is 3. The van der Waals surface area contributed by atoms with E-state index in [-0.39, 0.29) is 17.1 Å². The summed E-state index contributed by atoms with van der Waals surface area (Å²) >= 11 is 11.6. The van der Waals surface area contributed by atoms with E-state index in [1.807, 2.05) is 6.92 Å². The quantitative estimate of drug-likeness (QED) is 0.839. The van der Waals surface area contributed by atoms with Gasteiger partial charge in [-0.1, -0.05) is 36.0 Å². The maximum atomic E-state index is 12.0. The monoisotopic (exact) mass is 301 g/mol. The van der Waals surface area contributed by atoms with Gasteiger partial charge in [0.1, 0.15) is 5.15 Å². The summed E-state index contributed by atoms with van der Waals surface area (Å²) in [5.74, 6) is -0.113. The Morgan fingerprint density at radius 2 is 2.05 bits per heavy atom. The average molecular weight is 302 g/mol. The van der Waals surface area contributed by atoms with Gasteiger partial charge in [-0.15, -0.1) is 0 Å². The zero-order chi connectivity index (χ0) is 13.8. The fourth-order valence-electron chi connectivity index (χ4n) is 2.27. The highest BCUT2D eigenvalue weighted by Crippen LogP contribution is 2.22. The lowest BCUT2D eigenvalue weighted by molar-refractivity contribution is -0.117. The molecule has 2 N–H and O–H groups in total. The summed E-state index contributed by atoms with van der Waals surface area (Å²) in [6.45, 7) is 1.85. The van der Waals surface area contributed by atoms with Crippen molar-refractivity contribution in [2.24, 2.45) is 0 Å². The number of aromatic nitrogens is 1. The molecule has 1 fully saturated rings. The molecule has 1 aliphatic rings. The average Bonchev–Trinajstić information content (AvgIpc) is 2.85. The van der Waals surface area contributed by atoms with Crippen LogP contribution in [0.15, 0.2) is 12.1 Å². The predicted octanol–water partition coefficient (Wildman–Crippen LogP) is 3.25. The number of amides is 1. The Bertz CT molecular complexity index is 461. The predicted molar refractivity (Wildman–Crippen MR) is 77.7 cm³/mol. The summed E-state index contributed by atoms with van der Waals surface area (Å²) in [7, 11) is 0. The molecule has 0 unspecified atom stereocenters. The second-order valence-corrected chi connectivity index (χ2v) is 5.58. The van der Waals surface area contributed by atoms with Gasteiger partial charge in [-0.3, -0.25) is 4.79 Å². The molecule has 1 aromatic rings. The lowest BCUT2D eigenvalue weighted by atomic mass is 10.2. The minimum atomic E-state index is -0.255. The van der Waals surface area contributed by atoms with E-state index in [0.29, 0.717) is 16.9 Å². The maximum Gasteiger partial charge on any atom is 0.241 e. The van der Waals surface area contributed by atoms with E-state index in [0.717, 1.165) is 12.8 Å². The molecular formula is C13H17Cl2N3O. The molecule has 1 aromatic heterocycles. The van der Waals surface area contributed by atoms with Crippen molar-refractivity contribution in [2.75, 3.05) is 5.32 Å². The summed E-state index contributed by atoms with van der Waals surface area (Å²) < 4.78 is 0. The molecule has 0 radical (unpaired) electrons. The highest BCUT2D eigenvalue weighted by Gasteiger charge is 2.21. The van der Waals surface area contributed by atoms with Crippen LogP contribution in [0.1, 0.15) is 32.6 Å². The summed E-state index contributed by atoms with van der Waals surface area (Å²) in [5, 5.41) is 6.59. The molecule has 1 aliphatic carbocycles. The number of halogens is 2. The van der Waals surface area contributed by atoms with Crippen molar-refractivity contribution in [2.45, 2.75) is 44.7 Å². The van der Waals surface area contributed by atoms with E-state index >= 15 is 0 Å². The molecule has 104 valence electrons. The number of rotatable bonds is 4. The van der Waals surface area contributed by atoms with E-state index < -0.39 is 0 Å². The van der Waals surface area contributed by atoms with Crippen LogP contribution in [0.3, 0.4) is 0 Å². The molecule has 1 amide bonds. The lowest BCUT2D eigenvalue weighted by Gasteiger charge is -2.18. The van der Waals surface area contributed by atoms with E-state index in [9.17, 15) is 4.79 Å². The van der Waals surface area contributed by atoms with Crippen LogP contribution in [0.5, 0.6) is 0 Å². The second-order valence-electron chi connectivity index (χ2n) is 4.83. The normalized spacial score (nSPS) is 17.4. The summed E-state index contributed by atoms with van der Waals surface area (Å²) in [6, 6.07) is 3.44. The molecule has 0 aliphatic heterocycles. The smallest absolute Gasteiger partial charge is 0.241 e. The number of anilines is 1. The van der Waals surface area contributed by atoms with Gasteiger partial charge in [0.25, 0.3) is 0 Å². The van der Waals surface area contributed by atoms with Crippen LogP contribution in [0, 0.1) is 0 Å². The first-order valence-corrected chi connectivity index (χ1v) is 7.21. The third kappa shape index (κ3) is 4.06. The Kier molecular flexibility index (Phi) is 5.02. The molecular weight excluding hydrogens is 285 g/mol. The highest BCUT2D eigenvalue weighted by molar-refractivity contribution is 6.34. The number of carbonyl (C=O) groups excluding carboxylic acids is 1. The molecule has 0 bridgehead atoms. The van der Waals surface area contributed by atoms with Gasteiger partial charge in [-0.05, 0) is 31.9 Å². The first kappa shape index (κ1) is 14.6. The van der Waals surface area contributed by atoms with E-state index in [2.05, 4.69) is 15.6 Å². The minimum absolute atomic E-state index is 0.113. The van der Waals surface area contributed by atoms with E-state index in [1.54, 1.807) is 12.1 Å². The number of nitrogens with one attached hydrogen (secondary N) is 2. The van der Waals surface area contributed by atoms with Crippen LogP contribution < -0.4 is 10.6 Å². The second kappa shape index (κ2) is 6.55. The molecule has 6 heteroatoms. The van der Waals surface area contributed by atoms with E-state index in [4.69, 9.17) is 23.2 Å². The highest BCUT2D eigenvalue weighted by atomic mass is 35.5. The van der Waals surface area contributed by atoms with Crippen molar-refractivity contribution in [1.29, 1.82) is 0 Å². The van der Waals surface area contributed by atoms with Crippen molar-refractivity contribution in [3.05, 3.63) is 22.4 Å². The van der Waals surface area contributed by atoms with Crippen LogP contribution in [0.4, 0.5) is 5.69 Å². The van der Waals surface area contributed by atoms with Crippen LogP contribution in [0.25, 0.3) is 0 Å². The molecule has 0 saturated heterocycles. The van der Waals surface area contributed by atoms with Gasteiger partial charge in [0.15, 0.2) is 5.15 Å². The third-order valence-corrected chi connectivity index (χ3v) is 3.81. The van der Waals surface area contributed by atoms with Gasteiger partial charge in [0.2, 0.25) is 5.91 Å². The molecule has 2 rings (SSSR count). The number of nitrogens with zero attached hydrogens (tertiary/aromatic N) is 1. The van der Waals surface area contributed by atoms with Crippen molar-refractivity contribution in [3.63, 3.8) is 0 Å². The van der Waals surface area contributed by atoms with Crippen molar-refractivity contribution < 1.29 is 4.79 Å². The minimum Gasteiger partial charge on any atom is -0.322 e. The fraction of sp³-hybridized carbons (Fsp3) is 0.538. The van der Waals surface area contributed by atoms with Crippen LogP contribution >= 0.6 is 23.2 Å². The van der Waals surface area contributed by atoms with Gasteiger partial charge in [-0.2, -0.15) is 0 Å². The Morgan fingerprint density at radius 3 is 2.68 bits per heavy atom. The SMILES string of the molecule is C[C@@H](NC1CCCC1)C(=O)Nc1ccc(Cl)nc1Cl. The van der Waals surface area contributed by atoms with Crippen LogP contribution in [0.2, 0.25) is 10.3 Å². The lowest BCUT2D eigenvalue weighted by Crippen LogP contribution is -2.42.